The molecule has 1 aromatic rings. The zero-order chi connectivity index (χ0) is 12.3. The second kappa shape index (κ2) is 5.63. The molecule has 17 heavy (non-hydrogen) atoms. The summed E-state index contributed by atoms with van der Waals surface area (Å²) in [5.41, 5.74) is 2.49. The normalized spacial score (nSPS) is 22.9. The molecule has 0 bridgehead atoms. The first-order valence-corrected chi connectivity index (χ1v) is 6.86. The number of rotatable bonds is 4. The fourth-order valence-electron chi connectivity index (χ4n) is 3.00. The summed E-state index contributed by atoms with van der Waals surface area (Å²) in [4.78, 5) is 4.50. The number of hydrogen-bond donors (Lipinski definition) is 1. The molecule has 0 spiro atoms. The van der Waals surface area contributed by atoms with E-state index in [2.05, 4.69) is 24.9 Å². The fourth-order valence-corrected chi connectivity index (χ4v) is 3.00. The molecule has 2 rings (SSSR count). The zero-order valence-corrected chi connectivity index (χ0v) is 10.9. The summed E-state index contributed by atoms with van der Waals surface area (Å²) < 4.78 is 0. The van der Waals surface area contributed by atoms with Gasteiger partial charge >= 0.3 is 0 Å². The van der Waals surface area contributed by atoms with Gasteiger partial charge in [0.1, 0.15) is 0 Å². The van der Waals surface area contributed by atoms with E-state index in [0.29, 0.717) is 5.92 Å². The van der Waals surface area contributed by atoms with Crippen LogP contribution < -0.4 is 0 Å². The molecule has 1 N–H and O–H groups in total. The molecule has 1 aliphatic carbocycles. The van der Waals surface area contributed by atoms with E-state index in [1.54, 1.807) is 0 Å². The smallest absolute Gasteiger partial charge is 0.0649 e. The molecule has 1 aliphatic rings. The number of aryl methyl sites for hydroxylation is 1. The molecule has 3 atom stereocenters. The van der Waals surface area contributed by atoms with Crippen LogP contribution in [0.5, 0.6) is 0 Å². The predicted molar refractivity (Wildman–Crippen MR) is 70.0 cm³/mol. The summed E-state index contributed by atoms with van der Waals surface area (Å²) in [7, 11) is 0. The van der Waals surface area contributed by atoms with Crippen LogP contribution in [-0.2, 0) is 6.42 Å². The van der Waals surface area contributed by atoms with Crippen molar-refractivity contribution in [2.45, 2.75) is 58.0 Å². The highest BCUT2D eigenvalue weighted by molar-refractivity contribution is 5.27. The zero-order valence-electron chi connectivity index (χ0n) is 10.9. The Balaban J connectivity index is 2.17. The van der Waals surface area contributed by atoms with Crippen molar-refractivity contribution in [1.29, 1.82) is 0 Å². The molecule has 0 saturated heterocycles. The van der Waals surface area contributed by atoms with Crippen molar-refractivity contribution in [2.75, 3.05) is 0 Å². The van der Waals surface area contributed by atoms with E-state index in [1.807, 2.05) is 12.3 Å². The Morgan fingerprint density at radius 3 is 3.12 bits per heavy atom. The lowest BCUT2D eigenvalue weighted by molar-refractivity contribution is 0.0757. The van der Waals surface area contributed by atoms with Crippen LogP contribution in [0.3, 0.4) is 0 Å². The van der Waals surface area contributed by atoms with Gasteiger partial charge in [0.25, 0.3) is 0 Å². The van der Waals surface area contributed by atoms with Gasteiger partial charge in [0.15, 0.2) is 0 Å². The predicted octanol–water partition coefficient (Wildman–Crippen LogP) is 3.30. The standard InChI is InChI=1S/C15H23NO/c1-3-6-11(2)15(17)13-9-4-7-12-8-5-10-16-14(12)13/h5,8,10-11,13,15,17H,3-4,6-7,9H2,1-2H3. The minimum absolute atomic E-state index is 0.233. The Kier molecular flexibility index (Phi) is 4.16. The Morgan fingerprint density at radius 1 is 1.53 bits per heavy atom. The van der Waals surface area contributed by atoms with E-state index < -0.39 is 0 Å². The number of hydrogen-bond acceptors (Lipinski definition) is 2. The largest absolute Gasteiger partial charge is 0.392 e. The first-order chi connectivity index (χ1) is 8.24. The van der Waals surface area contributed by atoms with Crippen LogP contribution in [0, 0.1) is 5.92 Å². The first-order valence-electron chi connectivity index (χ1n) is 6.86. The summed E-state index contributed by atoms with van der Waals surface area (Å²) in [5.74, 6) is 0.624. The van der Waals surface area contributed by atoms with Gasteiger partial charge in [0, 0.05) is 17.8 Å². The molecule has 0 aromatic carbocycles. The minimum atomic E-state index is -0.233. The third-order valence-corrected chi connectivity index (χ3v) is 3.98. The maximum Gasteiger partial charge on any atom is 0.0649 e. The highest BCUT2D eigenvalue weighted by atomic mass is 16.3. The topological polar surface area (TPSA) is 33.1 Å². The molecule has 1 heterocycles. The van der Waals surface area contributed by atoms with Crippen LogP contribution in [0.15, 0.2) is 18.3 Å². The number of aliphatic hydroxyl groups is 1. The number of fused-ring (bicyclic) bond motifs is 1. The van der Waals surface area contributed by atoms with Crippen LogP contribution in [0.4, 0.5) is 0 Å². The van der Waals surface area contributed by atoms with Gasteiger partial charge in [0.05, 0.1) is 6.10 Å². The maximum absolute atomic E-state index is 10.5. The van der Waals surface area contributed by atoms with E-state index in [0.717, 1.165) is 31.4 Å². The van der Waals surface area contributed by atoms with Crippen LogP contribution in [-0.4, -0.2) is 16.2 Å². The van der Waals surface area contributed by atoms with Crippen LogP contribution in [0.25, 0.3) is 0 Å². The molecule has 2 nitrogen and oxygen atoms in total. The highest BCUT2D eigenvalue weighted by Gasteiger charge is 2.30. The molecule has 94 valence electrons. The molecular weight excluding hydrogens is 210 g/mol. The Hall–Kier alpha value is -0.890. The highest BCUT2D eigenvalue weighted by Crippen LogP contribution is 2.35. The Morgan fingerprint density at radius 2 is 2.35 bits per heavy atom. The van der Waals surface area contributed by atoms with E-state index in [1.165, 1.54) is 12.0 Å². The third kappa shape index (κ3) is 2.68. The van der Waals surface area contributed by atoms with Crippen LogP contribution in [0.2, 0.25) is 0 Å². The number of pyridine rings is 1. The molecule has 0 radical (unpaired) electrons. The fraction of sp³-hybridized carbons (Fsp3) is 0.667. The molecule has 1 aromatic heterocycles. The molecule has 0 saturated carbocycles. The van der Waals surface area contributed by atoms with Crippen molar-refractivity contribution in [3.05, 3.63) is 29.6 Å². The number of aliphatic hydroxyl groups excluding tert-OH is 1. The van der Waals surface area contributed by atoms with Crippen molar-refractivity contribution < 1.29 is 5.11 Å². The van der Waals surface area contributed by atoms with Gasteiger partial charge in [-0.15, -0.1) is 0 Å². The van der Waals surface area contributed by atoms with Crippen molar-refractivity contribution in [2.24, 2.45) is 5.92 Å². The maximum atomic E-state index is 10.5. The minimum Gasteiger partial charge on any atom is -0.392 e. The first kappa shape index (κ1) is 12.6. The summed E-state index contributed by atoms with van der Waals surface area (Å²) in [5, 5.41) is 10.5. The number of aromatic nitrogens is 1. The van der Waals surface area contributed by atoms with Crippen molar-refractivity contribution in [3.8, 4) is 0 Å². The van der Waals surface area contributed by atoms with Crippen molar-refractivity contribution in [1.82, 2.24) is 4.98 Å². The monoisotopic (exact) mass is 233 g/mol. The molecule has 2 heteroatoms. The van der Waals surface area contributed by atoms with E-state index >= 15 is 0 Å². The van der Waals surface area contributed by atoms with Crippen LogP contribution in [0.1, 0.15) is 56.7 Å². The summed E-state index contributed by atoms with van der Waals surface area (Å²) in [6.07, 6.45) is 7.24. The SMILES string of the molecule is CCCC(C)C(O)C1CCCc2cccnc21. The van der Waals surface area contributed by atoms with Gasteiger partial charge in [-0.25, -0.2) is 0 Å². The van der Waals surface area contributed by atoms with Gasteiger partial charge in [-0.05, 0) is 43.2 Å². The molecule has 0 fully saturated rings. The van der Waals surface area contributed by atoms with Gasteiger partial charge < -0.3 is 5.11 Å². The molecule has 0 amide bonds. The summed E-state index contributed by atoms with van der Waals surface area (Å²) >= 11 is 0. The summed E-state index contributed by atoms with van der Waals surface area (Å²) in [6, 6.07) is 4.16. The van der Waals surface area contributed by atoms with Crippen molar-refractivity contribution in [3.63, 3.8) is 0 Å². The Labute approximate surface area is 104 Å². The lowest BCUT2D eigenvalue weighted by Gasteiger charge is -2.31. The van der Waals surface area contributed by atoms with Crippen molar-refractivity contribution >= 4 is 0 Å². The van der Waals surface area contributed by atoms with Crippen LogP contribution >= 0.6 is 0 Å². The Bertz CT molecular complexity index is 364. The second-order valence-electron chi connectivity index (χ2n) is 5.30. The third-order valence-electron chi connectivity index (χ3n) is 3.98. The molecular formula is C15H23NO. The lowest BCUT2D eigenvalue weighted by atomic mass is 9.78. The average molecular weight is 233 g/mol. The average Bonchev–Trinajstić information content (AvgIpc) is 2.37. The lowest BCUT2D eigenvalue weighted by Crippen LogP contribution is -2.29. The van der Waals surface area contributed by atoms with Gasteiger partial charge in [-0.2, -0.15) is 0 Å². The van der Waals surface area contributed by atoms with Gasteiger partial charge in [-0.1, -0.05) is 26.3 Å². The van der Waals surface area contributed by atoms with Gasteiger partial charge in [-0.3, -0.25) is 4.98 Å². The van der Waals surface area contributed by atoms with E-state index in [9.17, 15) is 5.11 Å². The quantitative estimate of drug-likeness (QED) is 0.865. The van der Waals surface area contributed by atoms with E-state index in [-0.39, 0.29) is 12.0 Å². The molecule has 0 aliphatic heterocycles. The second-order valence-corrected chi connectivity index (χ2v) is 5.30. The number of nitrogens with zero attached hydrogens (tertiary/aromatic N) is 1. The summed E-state index contributed by atoms with van der Waals surface area (Å²) in [6.45, 7) is 4.33. The molecule has 3 unspecified atom stereocenters. The van der Waals surface area contributed by atoms with Gasteiger partial charge in [0.2, 0.25) is 0 Å². The van der Waals surface area contributed by atoms with E-state index in [4.69, 9.17) is 0 Å².